The Morgan fingerprint density at radius 1 is 0.667 bits per heavy atom. The predicted octanol–water partition coefficient (Wildman–Crippen LogP) is 4.69. The molecule has 6 unspecified atom stereocenters. The van der Waals surface area contributed by atoms with Crippen molar-refractivity contribution < 1.29 is 45.5 Å². The molecule has 0 N–H and O–H groups in total. The highest BCUT2D eigenvalue weighted by molar-refractivity contribution is 6.23. The Balaban J connectivity index is 1.42. The fourth-order valence-electron chi connectivity index (χ4n) is 7.24. The zero-order chi connectivity index (χ0) is 28.3. The van der Waals surface area contributed by atoms with Gasteiger partial charge in [0.1, 0.15) is 0 Å². The minimum absolute atomic E-state index is 0.207. The van der Waals surface area contributed by atoms with Gasteiger partial charge in [-0.25, -0.2) is 0 Å². The van der Waals surface area contributed by atoms with Gasteiger partial charge in [0.15, 0.2) is 0 Å². The molecule has 2 saturated heterocycles. The maximum Gasteiger partial charge on any atom is 0.417 e. The fraction of sp³-hybridized carbons (Fsp3) is 0.407. The molecular formula is C27H20F6N2O4. The lowest BCUT2D eigenvalue weighted by atomic mass is 9.70. The summed E-state index contributed by atoms with van der Waals surface area (Å²) < 4.78 is 83.8. The lowest BCUT2D eigenvalue weighted by Crippen LogP contribution is -2.37. The van der Waals surface area contributed by atoms with E-state index in [1.54, 1.807) is 0 Å². The van der Waals surface area contributed by atoms with Gasteiger partial charge in [-0.2, -0.15) is 26.3 Å². The summed E-state index contributed by atoms with van der Waals surface area (Å²) in [6.07, 6.45) is -9.72. The standard InChI is InChI=1S/C27H20F6N2O4/c1-10-3-5-12(16(7-10)26(28,29)30)13-6-4-11(8-17(13)27(31,32)33)35-24(38)20-14-9-15(21(20)25(35)39)19-18(14)22(36)34(2)23(19)37/h3-8,14-15,18-21H,9H2,1-2H3. The molecule has 2 saturated carbocycles. The Morgan fingerprint density at radius 3 is 1.59 bits per heavy atom. The van der Waals surface area contributed by atoms with E-state index >= 15 is 0 Å². The summed E-state index contributed by atoms with van der Waals surface area (Å²) >= 11 is 0. The zero-order valence-corrected chi connectivity index (χ0v) is 20.4. The van der Waals surface area contributed by atoms with Gasteiger partial charge < -0.3 is 0 Å². The molecule has 39 heavy (non-hydrogen) atoms. The van der Waals surface area contributed by atoms with Gasteiger partial charge in [-0.3, -0.25) is 29.0 Å². The third-order valence-corrected chi connectivity index (χ3v) is 8.74. The van der Waals surface area contributed by atoms with Crippen LogP contribution in [0.15, 0.2) is 36.4 Å². The molecule has 0 aromatic heterocycles. The fourth-order valence-corrected chi connectivity index (χ4v) is 7.24. The van der Waals surface area contributed by atoms with Gasteiger partial charge in [0.2, 0.25) is 23.6 Å². The maximum absolute atomic E-state index is 14.2. The molecule has 0 spiro atoms. The molecular weight excluding hydrogens is 530 g/mol. The summed E-state index contributed by atoms with van der Waals surface area (Å²) in [5.74, 6) is -6.97. The molecule has 2 aromatic carbocycles. The van der Waals surface area contributed by atoms with E-state index in [0.29, 0.717) is 17.4 Å². The smallest absolute Gasteiger partial charge is 0.285 e. The predicted molar refractivity (Wildman–Crippen MR) is 122 cm³/mol. The van der Waals surface area contributed by atoms with Gasteiger partial charge in [0.25, 0.3) is 0 Å². The van der Waals surface area contributed by atoms with Gasteiger partial charge in [-0.05, 0) is 54.5 Å². The van der Waals surface area contributed by atoms with Crippen molar-refractivity contribution in [2.45, 2.75) is 25.7 Å². The lowest BCUT2D eigenvalue weighted by Gasteiger charge is -2.27. The zero-order valence-electron chi connectivity index (χ0n) is 20.4. The number of likely N-dealkylation sites (tertiary alicyclic amines) is 1. The molecule has 6 atom stereocenters. The van der Waals surface area contributed by atoms with Crippen LogP contribution in [0.3, 0.4) is 0 Å². The number of benzene rings is 2. The van der Waals surface area contributed by atoms with Crippen LogP contribution in [-0.4, -0.2) is 35.6 Å². The first-order valence-corrected chi connectivity index (χ1v) is 12.2. The summed E-state index contributed by atoms with van der Waals surface area (Å²) in [5, 5.41) is 0. The first-order chi connectivity index (χ1) is 18.1. The molecule has 6 nitrogen and oxygen atoms in total. The van der Waals surface area contributed by atoms with Crippen LogP contribution in [0.4, 0.5) is 32.0 Å². The van der Waals surface area contributed by atoms with Crippen LogP contribution in [0.2, 0.25) is 0 Å². The second-order valence-corrected chi connectivity index (χ2v) is 10.7. The molecule has 4 amide bonds. The Bertz CT molecular complexity index is 1440. The van der Waals surface area contributed by atoms with Crippen LogP contribution < -0.4 is 4.90 Å². The van der Waals surface area contributed by atoms with E-state index in [4.69, 9.17) is 0 Å². The van der Waals surface area contributed by atoms with Gasteiger partial charge in [0.05, 0.1) is 40.5 Å². The third-order valence-electron chi connectivity index (χ3n) is 8.74. The number of anilines is 1. The minimum Gasteiger partial charge on any atom is -0.285 e. The van der Waals surface area contributed by atoms with Crippen molar-refractivity contribution in [1.29, 1.82) is 0 Å². The number of nitrogens with zero attached hydrogens (tertiary/aromatic N) is 2. The number of rotatable bonds is 2. The van der Waals surface area contributed by atoms with E-state index in [2.05, 4.69) is 0 Å². The van der Waals surface area contributed by atoms with E-state index in [1.807, 2.05) is 0 Å². The Hall–Kier alpha value is -3.70. The average molecular weight is 550 g/mol. The van der Waals surface area contributed by atoms with Gasteiger partial charge in [0, 0.05) is 7.05 Å². The van der Waals surface area contributed by atoms with Crippen LogP contribution >= 0.6 is 0 Å². The van der Waals surface area contributed by atoms with Gasteiger partial charge >= 0.3 is 12.4 Å². The van der Waals surface area contributed by atoms with Gasteiger partial charge in [-0.1, -0.05) is 23.8 Å². The molecule has 4 fully saturated rings. The van der Waals surface area contributed by atoms with Crippen molar-refractivity contribution in [2.24, 2.45) is 35.5 Å². The molecule has 2 aliphatic carbocycles. The first-order valence-electron chi connectivity index (χ1n) is 12.2. The lowest BCUT2D eigenvalue weighted by molar-refractivity contribution is -0.139. The Labute approximate surface area is 217 Å². The van der Waals surface area contributed by atoms with Crippen LogP contribution in [0, 0.1) is 42.4 Å². The summed E-state index contributed by atoms with van der Waals surface area (Å²) in [7, 11) is 1.34. The van der Waals surface area contributed by atoms with Crippen LogP contribution in [0.5, 0.6) is 0 Å². The monoisotopic (exact) mass is 550 g/mol. The number of carbonyl (C=O) groups excluding carboxylic acids is 4. The van der Waals surface area contributed by atoms with E-state index in [1.165, 1.54) is 20.0 Å². The largest absolute Gasteiger partial charge is 0.417 e. The number of fused-ring (bicyclic) bond motifs is 8. The van der Waals surface area contributed by atoms with E-state index < -0.39 is 99.4 Å². The number of amides is 4. The number of aryl methyl sites for hydroxylation is 1. The maximum atomic E-state index is 14.2. The SMILES string of the molecule is Cc1ccc(-c2ccc(N3C(=O)C4C5CC(C6C(=O)N(C)C(=O)C56)C4C3=O)cc2C(F)(F)F)c(C(F)(F)F)c1. The van der Waals surface area contributed by atoms with Gasteiger partial charge in [-0.15, -0.1) is 0 Å². The quantitative estimate of drug-likeness (QED) is 0.402. The van der Waals surface area contributed by atoms with Crippen molar-refractivity contribution in [3.8, 4) is 11.1 Å². The summed E-state index contributed by atoms with van der Waals surface area (Å²) in [6.45, 7) is 1.38. The minimum atomic E-state index is -5.11. The van der Waals surface area contributed by atoms with Crippen molar-refractivity contribution in [3.63, 3.8) is 0 Å². The van der Waals surface area contributed by atoms with Crippen molar-refractivity contribution in [2.75, 3.05) is 11.9 Å². The molecule has 2 aliphatic heterocycles. The van der Waals surface area contributed by atoms with Crippen molar-refractivity contribution in [1.82, 2.24) is 4.90 Å². The van der Waals surface area contributed by atoms with Crippen molar-refractivity contribution in [3.05, 3.63) is 53.1 Å². The number of hydrogen-bond donors (Lipinski definition) is 0. The van der Waals surface area contributed by atoms with Crippen LogP contribution in [0.1, 0.15) is 23.1 Å². The average Bonchev–Trinajstić information content (AvgIpc) is 3.55. The van der Waals surface area contributed by atoms with Crippen LogP contribution in [0.25, 0.3) is 11.1 Å². The Morgan fingerprint density at radius 2 is 1.10 bits per heavy atom. The molecule has 12 heteroatoms. The summed E-state index contributed by atoms with van der Waals surface area (Å²) in [5.41, 5.74) is -4.32. The topological polar surface area (TPSA) is 74.8 Å². The number of halogens is 6. The second-order valence-electron chi connectivity index (χ2n) is 10.7. The van der Waals surface area contributed by atoms with E-state index in [-0.39, 0.29) is 5.56 Å². The normalized spacial score (nSPS) is 30.1. The number of alkyl halides is 6. The molecule has 204 valence electrons. The summed E-state index contributed by atoms with van der Waals surface area (Å²) in [4.78, 5) is 53.8. The number of carbonyl (C=O) groups is 4. The molecule has 4 aliphatic rings. The highest BCUT2D eigenvalue weighted by Crippen LogP contribution is 2.64. The van der Waals surface area contributed by atoms with E-state index in [9.17, 15) is 45.5 Å². The Kier molecular flexibility index (Phi) is 5.19. The summed E-state index contributed by atoms with van der Waals surface area (Å²) in [6, 6.07) is 5.34. The highest BCUT2D eigenvalue weighted by Gasteiger charge is 2.72. The number of hydrogen-bond acceptors (Lipinski definition) is 4. The highest BCUT2D eigenvalue weighted by atomic mass is 19.4. The molecule has 0 radical (unpaired) electrons. The number of imide groups is 2. The first kappa shape index (κ1) is 25.6. The molecule has 2 aromatic rings. The van der Waals surface area contributed by atoms with Crippen LogP contribution in [-0.2, 0) is 31.5 Å². The molecule has 2 heterocycles. The molecule has 2 bridgehead atoms. The third kappa shape index (κ3) is 3.42. The van der Waals surface area contributed by atoms with E-state index in [0.717, 1.165) is 29.2 Å². The van der Waals surface area contributed by atoms with Crippen molar-refractivity contribution >= 4 is 29.3 Å². The molecule has 6 rings (SSSR count). The second kappa shape index (κ2) is 7.92.